The number of pyridine rings is 1. The summed E-state index contributed by atoms with van der Waals surface area (Å²) in [5.41, 5.74) is 7.41. The number of carbonyl (C=O) groups excluding carboxylic acids is 1. The van der Waals surface area contributed by atoms with Gasteiger partial charge in [-0.3, -0.25) is 9.78 Å². The predicted octanol–water partition coefficient (Wildman–Crippen LogP) is 2.22. The highest BCUT2D eigenvalue weighted by Crippen LogP contribution is 2.20. The second-order valence-electron chi connectivity index (χ2n) is 4.13. The van der Waals surface area contributed by atoms with E-state index >= 15 is 0 Å². The number of fused-ring (bicyclic) bond motifs is 1. The first-order chi connectivity index (χ1) is 8.20. The smallest absolute Gasteiger partial charge is 0.217 e. The van der Waals surface area contributed by atoms with Gasteiger partial charge in [-0.2, -0.15) is 0 Å². The van der Waals surface area contributed by atoms with E-state index in [0.717, 1.165) is 22.9 Å². The minimum atomic E-state index is -0.282. The van der Waals surface area contributed by atoms with Crippen molar-refractivity contribution in [1.82, 2.24) is 4.98 Å². The van der Waals surface area contributed by atoms with Crippen molar-refractivity contribution in [3.63, 3.8) is 0 Å². The van der Waals surface area contributed by atoms with Gasteiger partial charge >= 0.3 is 0 Å². The summed E-state index contributed by atoms with van der Waals surface area (Å²) in [5.74, 6) is -0.282. The SMILES string of the molecule is CCc1ccc2ccnc(CCC(N)=O)c2c1. The summed E-state index contributed by atoms with van der Waals surface area (Å²) in [6, 6.07) is 8.37. The minimum absolute atomic E-state index is 0.282. The number of hydrogen-bond acceptors (Lipinski definition) is 2. The van der Waals surface area contributed by atoms with Crippen molar-refractivity contribution in [3.8, 4) is 0 Å². The Balaban J connectivity index is 2.43. The van der Waals surface area contributed by atoms with Crippen molar-refractivity contribution in [1.29, 1.82) is 0 Å². The molecule has 0 aliphatic heterocycles. The minimum Gasteiger partial charge on any atom is -0.370 e. The molecule has 1 heterocycles. The first-order valence-electron chi connectivity index (χ1n) is 5.85. The Hall–Kier alpha value is -1.90. The number of rotatable bonds is 4. The molecule has 1 aromatic carbocycles. The van der Waals surface area contributed by atoms with Crippen molar-refractivity contribution < 1.29 is 4.79 Å². The molecule has 1 aromatic heterocycles. The van der Waals surface area contributed by atoms with Crippen LogP contribution in [0.2, 0.25) is 0 Å². The highest BCUT2D eigenvalue weighted by Gasteiger charge is 2.05. The Bertz CT molecular complexity index is 549. The Kier molecular flexibility index (Phi) is 3.38. The molecule has 1 amide bonds. The molecule has 0 radical (unpaired) electrons. The summed E-state index contributed by atoms with van der Waals surface area (Å²) in [6.07, 6.45) is 3.74. The third-order valence-electron chi connectivity index (χ3n) is 2.93. The maximum atomic E-state index is 10.8. The monoisotopic (exact) mass is 228 g/mol. The molecule has 2 N–H and O–H groups in total. The van der Waals surface area contributed by atoms with Crippen LogP contribution in [0.15, 0.2) is 30.5 Å². The molecule has 0 atom stereocenters. The van der Waals surface area contributed by atoms with Crippen LogP contribution in [0.5, 0.6) is 0 Å². The summed E-state index contributed by atoms with van der Waals surface area (Å²) in [7, 11) is 0. The van der Waals surface area contributed by atoms with Crippen LogP contribution in [0, 0.1) is 0 Å². The maximum Gasteiger partial charge on any atom is 0.217 e. The average Bonchev–Trinajstić information content (AvgIpc) is 2.35. The fourth-order valence-corrected chi connectivity index (χ4v) is 1.94. The summed E-state index contributed by atoms with van der Waals surface area (Å²) in [6.45, 7) is 2.13. The van der Waals surface area contributed by atoms with E-state index in [1.54, 1.807) is 6.20 Å². The van der Waals surface area contributed by atoms with Crippen molar-refractivity contribution in [2.24, 2.45) is 5.73 Å². The van der Waals surface area contributed by atoms with E-state index in [1.807, 2.05) is 6.07 Å². The molecular formula is C14H16N2O. The first kappa shape index (κ1) is 11.6. The molecule has 0 spiro atoms. The lowest BCUT2D eigenvalue weighted by Gasteiger charge is -2.06. The van der Waals surface area contributed by atoms with E-state index < -0.39 is 0 Å². The fraction of sp³-hybridized carbons (Fsp3) is 0.286. The standard InChI is InChI=1S/C14H16N2O/c1-2-10-3-4-11-7-8-16-13(12(11)9-10)5-6-14(15)17/h3-4,7-9H,2,5-6H2,1H3,(H2,15,17). The van der Waals surface area contributed by atoms with E-state index in [4.69, 9.17) is 5.73 Å². The van der Waals surface area contributed by atoms with E-state index in [9.17, 15) is 4.79 Å². The van der Waals surface area contributed by atoms with Crippen LogP contribution >= 0.6 is 0 Å². The van der Waals surface area contributed by atoms with Gasteiger partial charge in [-0.15, -0.1) is 0 Å². The maximum absolute atomic E-state index is 10.8. The zero-order valence-electron chi connectivity index (χ0n) is 9.94. The Morgan fingerprint density at radius 3 is 2.88 bits per heavy atom. The molecule has 0 saturated heterocycles. The number of nitrogens with two attached hydrogens (primary N) is 1. The van der Waals surface area contributed by atoms with Gasteiger partial charge in [0.25, 0.3) is 0 Å². The highest BCUT2D eigenvalue weighted by atomic mass is 16.1. The van der Waals surface area contributed by atoms with E-state index in [2.05, 4.69) is 30.1 Å². The van der Waals surface area contributed by atoms with Gasteiger partial charge in [0.05, 0.1) is 0 Å². The van der Waals surface area contributed by atoms with Crippen LogP contribution in [-0.2, 0) is 17.6 Å². The Labute approximate surface area is 101 Å². The predicted molar refractivity (Wildman–Crippen MR) is 68.6 cm³/mol. The largest absolute Gasteiger partial charge is 0.370 e. The molecule has 0 fully saturated rings. The van der Waals surface area contributed by atoms with Crippen molar-refractivity contribution in [2.75, 3.05) is 0 Å². The zero-order chi connectivity index (χ0) is 12.3. The lowest BCUT2D eigenvalue weighted by atomic mass is 10.0. The second kappa shape index (κ2) is 4.95. The summed E-state index contributed by atoms with van der Waals surface area (Å²) in [5, 5.41) is 2.30. The third-order valence-corrected chi connectivity index (χ3v) is 2.93. The van der Waals surface area contributed by atoms with Gasteiger partial charge in [-0.05, 0) is 35.9 Å². The molecule has 0 aliphatic carbocycles. The van der Waals surface area contributed by atoms with Gasteiger partial charge in [-0.25, -0.2) is 0 Å². The van der Waals surface area contributed by atoms with E-state index in [-0.39, 0.29) is 5.91 Å². The molecule has 0 aliphatic rings. The molecule has 0 bridgehead atoms. The molecule has 17 heavy (non-hydrogen) atoms. The molecule has 3 heteroatoms. The van der Waals surface area contributed by atoms with Gasteiger partial charge in [0.2, 0.25) is 5.91 Å². The van der Waals surface area contributed by atoms with Crippen LogP contribution in [0.1, 0.15) is 24.6 Å². The number of benzene rings is 1. The number of primary amides is 1. The van der Waals surface area contributed by atoms with Crippen LogP contribution in [-0.4, -0.2) is 10.9 Å². The number of aromatic nitrogens is 1. The Morgan fingerprint density at radius 2 is 2.18 bits per heavy atom. The van der Waals surface area contributed by atoms with Gasteiger partial charge in [0, 0.05) is 23.7 Å². The summed E-state index contributed by atoms with van der Waals surface area (Å²) in [4.78, 5) is 15.2. The second-order valence-corrected chi connectivity index (χ2v) is 4.13. The van der Waals surface area contributed by atoms with E-state index in [0.29, 0.717) is 12.8 Å². The lowest BCUT2D eigenvalue weighted by Crippen LogP contribution is -2.11. The molecule has 2 aromatic rings. The molecule has 0 unspecified atom stereocenters. The van der Waals surface area contributed by atoms with Crippen LogP contribution < -0.4 is 5.73 Å². The van der Waals surface area contributed by atoms with Crippen LogP contribution in [0.25, 0.3) is 10.8 Å². The summed E-state index contributed by atoms with van der Waals surface area (Å²) < 4.78 is 0. The topological polar surface area (TPSA) is 56.0 Å². The van der Waals surface area contributed by atoms with Crippen molar-refractivity contribution >= 4 is 16.7 Å². The van der Waals surface area contributed by atoms with Crippen molar-refractivity contribution in [2.45, 2.75) is 26.2 Å². The van der Waals surface area contributed by atoms with Gasteiger partial charge < -0.3 is 5.73 Å². The fourth-order valence-electron chi connectivity index (χ4n) is 1.94. The van der Waals surface area contributed by atoms with Crippen LogP contribution in [0.3, 0.4) is 0 Å². The number of amides is 1. The molecule has 3 nitrogen and oxygen atoms in total. The Morgan fingerprint density at radius 1 is 1.35 bits per heavy atom. The van der Waals surface area contributed by atoms with Gasteiger partial charge in [-0.1, -0.05) is 19.1 Å². The molecule has 2 rings (SSSR count). The third kappa shape index (κ3) is 2.61. The molecule has 88 valence electrons. The molecular weight excluding hydrogens is 212 g/mol. The summed E-state index contributed by atoms with van der Waals surface area (Å²) >= 11 is 0. The first-order valence-corrected chi connectivity index (χ1v) is 5.85. The number of aryl methyl sites for hydroxylation is 2. The average molecular weight is 228 g/mol. The van der Waals surface area contributed by atoms with Crippen LogP contribution in [0.4, 0.5) is 0 Å². The van der Waals surface area contributed by atoms with Gasteiger partial charge in [0.15, 0.2) is 0 Å². The number of hydrogen-bond donors (Lipinski definition) is 1. The zero-order valence-corrected chi connectivity index (χ0v) is 9.94. The van der Waals surface area contributed by atoms with Gasteiger partial charge in [0.1, 0.15) is 0 Å². The van der Waals surface area contributed by atoms with E-state index in [1.165, 1.54) is 5.56 Å². The highest BCUT2D eigenvalue weighted by molar-refractivity contribution is 5.85. The quantitative estimate of drug-likeness (QED) is 0.872. The lowest BCUT2D eigenvalue weighted by molar-refractivity contribution is -0.117. The molecule has 0 saturated carbocycles. The number of nitrogens with zero attached hydrogens (tertiary/aromatic N) is 1. The normalized spacial score (nSPS) is 10.6. The van der Waals surface area contributed by atoms with Crippen molar-refractivity contribution in [3.05, 3.63) is 41.7 Å². The number of carbonyl (C=O) groups is 1.